The highest BCUT2D eigenvalue weighted by molar-refractivity contribution is 6.01. The lowest BCUT2D eigenvalue weighted by Gasteiger charge is -2.62. The fraction of sp³-hybridized carbons (Fsp3) is 0.640. The molecule has 0 aromatic carbocycles. The molecule has 0 heterocycles. The van der Waals surface area contributed by atoms with E-state index in [0.29, 0.717) is 18.4 Å². The Labute approximate surface area is 191 Å². The van der Waals surface area contributed by atoms with E-state index in [1.807, 2.05) is 0 Å². The Hall–Kier alpha value is -2.35. The summed E-state index contributed by atoms with van der Waals surface area (Å²) in [6.07, 6.45) is 3.44. The molecule has 0 aliphatic heterocycles. The highest BCUT2D eigenvalue weighted by Gasteiger charge is 2.77. The molecule has 0 spiro atoms. The normalized spacial score (nSPS) is 43.8. The van der Waals surface area contributed by atoms with Crippen molar-refractivity contribution in [2.75, 3.05) is 6.86 Å². The van der Waals surface area contributed by atoms with Crippen LogP contribution in [0.5, 0.6) is 0 Å². The van der Waals surface area contributed by atoms with Gasteiger partial charge in [-0.25, -0.2) is 13.6 Å². The van der Waals surface area contributed by atoms with E-state index in [1.165, 1.54) is 18.2 Å². The molecule has 0 bridgehead atoms. The average molecular weight is 465 g/mol. The van der Waals surface area contributed by atoms with Crippen LogP contribution >= 0.6 is 0 Å². The van der Waals surface area contributed by atoms with Gasteiger partial charge in [0.1, 0.15) is 0 Å². The standard InChI is InChI=1S/C25H30F2O6/c1-5-20(30)33-25(21(31)32-13-26)14(2)10-18-17-7-6-15-11-16(28)8-9-22(15,3)24(17,27)19(29)12-23(18,25)4/h8-9,11,17-19,29H,2,5-7,10,12-13H2,1,3-4H3/t17-,18-,19-,22-,23-,24-,25+/m0/s1. The van der Waals surface area contributed by atoms with Crippen LogP contribution in [0.4, 0.5) is 8.78 Å². The Morgan fingerprint density at radius 3 is 2.64 bits per heavy atom. The number of esters is 2. The molecule has 0 amide bonds. The monoisotopic (exact) mass is 464 g/mol. The molecule has 0 radical (unpaired) electrons. The maximum Gasteiger partial charge on any atom is 0.357 e. The van der Waals surface area contributed by atoms with E-state index in [1.54, 1.807) is 20.8 Å². The molecule has 180 valence electrons. The van der Waals surface area contributed by atoms with Gasteiger partial charge in [-0.3, -0.25) is 9.59 Å². The van der Waals surface area contributed by atoms with Gasteiger partial charge in [0.2, 0.25) is 12.5 Å². The van der Waals surface area contributed by atoms with E-state index in [0.717, 1.165) is 0 Å². The maximum absolute atomic E-state index is 17.2. The summed E-state index contributed by atoms with van der Waals surface area (Å²) in [6, 6.07) is 0. The molecule has 7 atom stereocenters. The summed E-state index contributed by atoms with van der Waals surface area (Å²) in [5, 5.41) is 11.4. The third-order valence-corrected chi connectivity index (χ3v) is 8.83. The average Bonchev–Trinajstić information content (AvgIpc) is 2.97. The first-order chi connectivity index (χ1) is 15.4. The molecular formula is C25H30F2O6. The first kappa shape index (κ1) is 23.8. The van der Waals surface area contributed by atoms with E-state index in [2.05, 4.69) is 6.58 Å². The van der Waals surface area contributed by atoms with Crippen molar-refractivity contribution in [3.8, 4) is 0 Å². The van der Waals surface area contributed by atoms with Crippen molar-refractivity contribution in [1.29, 1.82) is 0 Å². The van der Waals surface area contributed by atoms with Crippen LogP contribution in [-0.4, -0.2) is 47.1 Å². The lowest BCUT2D eigenvalue weighted by molar-refractivity contribution is -0.230. The lowest BCUT2D eigenvalue weighted by atomic mass is 9.45. The van der Waals surface area contributed by atoms with Crippen LogP contribution in [0, 0.1) is 22.7 Å². The fourth-order valence-corrected chi connectivity index (χ4v) is 7.16. The number of ether oxygens (including phenoxy) is 2. The van der Waals surface area contributed by atoms with Crippen molar-refractivity contribution in [2.45, 2.75) is 70.2 Å². The topological polar surface area (TPSA) is 89.9 Å². The Morgan fingerprint density at radius 2 is 2.00 bits per heavy atom. The number of alkyl halides is 2. The summed E-state index contributed by atoms with van der Waals surface area (Å²) in [5.41, 5.74) is -5.74. The quantitative estimate of drug-likeness (QED) is 0.504. The van der Waals surface area contributed by atoms with Crippen LogP contribution in [0.3, 0.4) is 0 Å². The van der Waals surface area contributed by atoms with Gasteiger partial charge in [-0.1, -0.05) is 32.1 Å². The van der Waals surface area contributed by atoms with Crippen LogP contribution in [0.2, 0.25) is 0 Å². The van der Waals surface area contributed by atoms with Gasteiger partial charge in [-0.15, -0.1) is 0 Å². The second-order valence-electron chi connectivity index (χ2n) is 10.1. The van der Waals surface area contributed by atoms with Gasteiger partial charge in [0, 0.05) is 23.2 Å². The Morgan fingerprint density at radius 1 is 1.30 bits per heavy atom. The van der Waals surface area contributed by atoms with Gasteiger partial charge in [0.15, 0.2) is 11.5 Å². The van der Waals surface area contributed by atoms with E-state index in [4.69, 9.17) is 9.47 Å². The van der Waals surface area contributed by atoms with Gasteiger partial charge in [-0.2, -0.15) is 0 Å². The molecule has 1 N–H and O–H groups in total. The van der Waals surface area contributed by atoms with E-state index in [9.17, 15) is 23.9 Å². The molecule has 33 heavy (non-hydrogen) atoms. The fourth-order valence-electron chi connectivity index (χ4n) is 7.16. The number of aliphatic hydroxyl groups is 1. The third-order valence-electron chi connectivity index (χ3n) is 8.83. The smallest absolute Gasteiger partial charge is 0.357 e. The van der Waals surface area contributed by atoms with Crippen molar-refractivity contribution < 1.29 is 37.7 Å². The van der Waals surface area contributed by atoms with Gasteiger partial charge in [0.25, 0.3) is 0 Å². The second kappa shape index (κ2) is 7.58. The van der Waals surface area contributed by atoms with Crippen LogP contribution < -0.4 is 0 Å². The first-order valence-electron chi connectivity index (χ1n) is 11.4. The highest BCUT2D eigenvalue weighted by Crippen LogP contribution is 2.71. The zero-order chi connectivity index (χ0) is 24.4. The minimum atomic E-state index is -2.12. The van der Waals surface area contributed by atoms with Crippen LogP contribution in [0.25, 0.3) is 0 Å². The number of carbonyl (C=O) groups excluding carboxylic acids is 3. The number of ketones is 1. The van der Waals surface area contributed by atoms with Crippen LogP contribution in [-0.2, 0) is 23.9 Å². The van der Waals surface area contributed by atoms with Crippen molar-refractivity contribution >= 4 is 17.7 Å². The minimum absolute atomic E-state index is 0.0389. The van der Waals surface area contributed by atoms with Crippen LogP contribution in [0.15, 0.2) is 36.0 Å². The summed E-state index contributed by atoms with van der Waals surface area (Å²) in [5.74, 6) is -3.25. The number of allylic oxidation sites excluding steroid dienone is 4. The zero-order valence-electron chi connectivity index (χ0n) is 19.2. The predicted octanol–water partition coefficient (Wildman–Crippen LogP) is 3.69. The van der Waals surface area contributed by atoms with Crippen molar-refractivity contribution in [3.63, 3.8) is 0 Å². The third kappa shape index (κ3) is 2.82. The summed E-state index contributed by atoms with van der Waals surface area (Å²) in [6.45, 7) is 7.48. The molecule has 0 saturated heterocycles. The number of fused-ring (bicyclic) bond motifs is 5. The Balaban J connectivity index is 1.85. The number of rotatable bonds is 4. The molecule has 4 aliphatic rings. The number of halogens is 2. The number of carbonyl (C=O) groups is 3. The zero-order valence-corrected chi connectivity index (χ0v) is 19.2. The highest BCUT2D eigenvalue weighted by atomic mass is 19.1. The van der Waals surface area contributed by atoms with Gasteiger partial charge >= 0.3 is 11.9 Å². The summed E-state index contributed by atoms with van der Waals surface area (Å²) >= 11 is 0. The first-order valence-corrected chi connectivity index (χ1v) is 11.4. The largest absolute Gasteiger partial charge is 0.442 e. The van der Waals surface area contributed by atoms with E-state index < -0.39 is 58.8 Å². The molecule has 3 saturated carbocycles. The van der Waals surface area contributed by atoms with E-state index >= 15 is 4.39 Å². The Bertz CT molecular complexity index is 987. The minimum Gasteiger partial charge on any atom is -0.442 e. The van der Waals surface area contributed by atoms with Crippen LogP contribution in [0.1, 0.15) is 52.9 Å². The van der Waals surface area contributed by atoms with E-state index in [-0.39, 0.29) is 30.6 Å². The molecule has 4 rings (SSSR count). The predicted molar refractivity (Wildman–Crippen MR) is 114 cm³/mol. The van der Waals surface area contributed by atoms with Crippen molar-refractivity contribution in [2.24, 2.45) is 22.7 Å². The molecule has 0 aromatic heterocycles. The summed E-state index contributed by atoms with van der Waals surface area (Å²) in [7, 11) is 0. The second-order valence-corrected chi connectivity index (χ2v) is 10.1. The SMILES string of the molecule is C=C1C[C@H]2[C@@H]3CCC4=CC(=O)C=C[C@]4(C)[C@@]3(F)[C@@H](O)C[C@]2(C)[C@]1(OC(=O)CC)C(=O)OCF. The molecule has 8 heteroatoms. The molecule has 4 aliphatic carbocycles. The van der Waals surface area contributed by atoms with Crippen molar-refractivity contribution in [3.05, 3.63) is 36.0 Å². The van der Waals surface area contributed by atoms with Gasteiger partial charge in [-0.05, 0) is 56.3 Å². The molecular weight excluding hydrogens is 434 g/mol. The summed E-state index contributed by atoms with van der Waals surface area (Å²) in [4.78, 5) is 37.5. The molecule has 6 nitrogen and oxygen atoms in total. The molecule has 0 aromatic rings. The van der Waals surface area contributed by atoms with Crippen molar-refractivity contribution in [1.82, 2.24) is 0 Å². The lowest BCUT2D eigenvalue weighted by Crippen LogP contribution is -2.69. The summed E-state index contributed by atoms with van der Waals surface area (Å²) < 4.78 is 40.6. The molecule has 3 fully saturated rings. The van der Waals surface area contributed by atoms with Gasteiger partial charge < -0.3 is 14.6 Å². The number of aliphatic hydroxyl groups excluding tert-OH is 1. The number of hydrogen-bond acceptors (Lipinski definition) is 6. The maximum atomic E-state index is 17.2. The molecule has 0 unspecified atom stereocenters. The number of hydrogen-bond donors (Lipinski definition) is 1. The van der Waals surface area contributed by atoms with Gasteiger partial charge in [0.05, 0.1) is 6.10 Å². The Kier molecular flexibility index (Phi) is 5.47.